The highest BCUT2D eigenvalue weighted by atomic mass is 16.7. The van der Waals surface area contributed by atoms with Crippen molar-refractivity contribution in [2.45, 2.75) is 12.8 Å². The SMILES string of the molecule is COc1cc(-c2nocc2C2=CC=C(/C(=N/N)N(C)N)CC2)cc2c1OCO2. The van der Waals surface area contributed by atoms with Gasteiger partial charge in [0.15, 0.2) is 17.3 Å². The van der Waals surface area contributed by atoms with E-state index in [0.29, 0.717) is 28.8 Å². The number of allylic oxidation sites excluding steroid dienone is 3. The van der Waals surface area contributed by atoms with Crippen molar-refractivity contribution >= 4 is 11.4 Å². The summed E-state index contributed by atoms with van der Waals surface area (Å²) in [7, 11) is 3.29. The number of hydrazone groups is 1. The highest BCUT2D eigenvalue weighted by molar-refractivity contribution is 5.99. The third-order valence-electron chi connectivity index (χ3n) is 4.74. The summed E-state index contributed by atoms with van der Waals surface area (Å²) in [5, 5.41) is 9.38. The van der Waals surface area contributed by atoms with Crippen LogP contribution >= 0.6 is 0 Å². The van der Waals surface area contributed by atoms with Crippen molar-refractivity contribution < 1.29 is 18.7 Å². The molecule has 9 heteroatoms. The second-order valence-corrected chi connectivity index (χ2v) is 6.44. The summed E-state index contributed by atoms with van der Waals surface area (Å²) in [5.41, 5.74) is 4.50. The number of hydrogen-bond acceptors (Lipinski definition) is 8. The number of aromatic nitrogens is 1. The molecule has 9 nitrogen and oxygen atoms in total. The van der Waals surface area contributed by atoms with Crippen molar-refractivity contribution in [2.24, 2.45) is 16.8 Å². The molecule has 1 aliphatic carbocycles. The molecule has 0 fully saturated rings. The molecule has 0 radical (unpaired) electrons. The summed E-state index contributed by atoms with van der Waals surface area (Å²) in [6, 6.07) is 3.74. The van der Waals surface area contributed by atoms with Crippen LogP contribution in [0.1, 0.15) is 18.4 Å². The van der Waals surface area contributed by atoms with Gasteiger partial charge < -0.3 is 24.6 Å². The number of fused-ring (bicyclic) bond motifs is 1. The van der Waals surface area contributed by atoms with Gasteiger partial charge in [0, 0.05) is 18.2 Å². The molecule has 0 saturated carbocycles. The van der Waals surface area contributed by atoms with Crippen LogP contribution in [0.5, 0.6) is 17.2 Å². The molecular formula is C19H21N5O4. The van der Waals surface area contributed by atoms with Crippen molar-refractivity contribution in [3.63, 3.8) is 0 Å². The second-order valence-electron chi connectivity index (χ2n) is 6.44. The number of hydrazine groups is 1. The van der Waals surface area contributed by atoms with Gasteiger partial charge in [-0.25, -0.2) is 5.84 Å². The third kappa shape index (κ3) is 3.05. The number of ether oxygens (including phenoxy) is 3. The lowest BCUT2D eigenvalue weighted by Gasteiger charge is -2.20. The molecule has 2 aliphatic rings. The van der Waals surface area contributed by atoms with E-state index in [0.717, 1.165) is 35.1 Å². The minimum Gasteiger partial charge on any atom is -0.493 e. The minimum absolute atomic E-state index is 0.167. The molecule has 0 saturated heterocycles. The van der Waals surface area contributed by atoms with Crippen molar-refractivity contribution in [1.29, 1.82) is 0 Å². The van der Waals surface area contributed by atoms with Crippen molar-refractivity contribution in [2.75, 3.05) is 21.0 Å². The first-order valence-corrected chi connectivity index (χ1v) is 8.71. The number of nitrogens with zero attached hydrogens (tertiary/aromatic N) is 3. The monoisotopic (exact) mass is 383 g/mol. The zero-order chi connectivity index (χ0) is 19.7. The van der Waals surface area contributed by atoms with Gasteiger partial charge in [-0.2, -0.15) is 5.10 Å². The molecule has 2 heterocycles. The zero-order valence-corrected chi connectivity index (χ0v) is 15.6. The van der Waals surface area contributed by atoms with Crippen LogP contribution in [-0.4, -0.2) is 37.0 Å². The van der Waals surface area contributed by atoms with E-state index >= 15 is 0 Å². The van der Waals surface area contributed by atoms with Gasteiger partial charge in [0.2, 0.25) is 12.5 Å². The minimum atomic E-state index is 0.167. The van der Waals surface area contributed by atoms with E-state index in [9.17, 15) is 0 Å². The lowest BCUT2D eigenvalue weighted by atomic mass is 9.91. The second kappa shape index (κ2) is 7.28. The van der Waals surface area contributed by atoms with Crippen molar-refractivity contribution in [3.8, 4) is 28.5 Å². The smallest absolute Gasteiger partial charge is 0.231 e. The largest absolute Gasteiger partial charge is 0.493 e. The third-order valence-corrected chi connectivity index (χ3v) is 4.74. The predicted octanol–water partition coefficient (Wildman–Crippen LogP) is 2.26. The standard InChI is InChI=1S/C19H21N5O4/c1-24(21)19(22-20)12-5-3-11(4-6-12)14-9-28-23-17(14)13-7-15(25-2)18-16(8-13)26-10-27-18/h3,5,7-9H,4,6,10,20-21H2,1-2H3/b22-19-. The Balaban J connectivity index is 1.70. The van der Waals surface area contributed by atoms with Crippen LogP contribution in [0.15, 0.2) is 45.7 Å². The number of rotatable bonds is 4. The maximum absolute atomic E-state index is 5.78. The fraction of sp³-hybridized carbons (Fsp3) is 0.263. The molecule has 0 spiro atoms. The molecule has 146 valence electrons. The summed E-state index contributed by atoms with van der Waals surface area (Å²) < 4.78 is 21.7. The first-order valence-electron chi connectivity index (χ1n) is 8.71. The Morgan fingerprint density at radius 2 is 2.11 bits per heavy atom. The molecule has 2 aromatic rings. The molecule has 0 bridgehead atoms. The van der Waals surface area contributed by atoms with Crippen LogP contribution < -0.4 is 25.9 Å². The van der Waals surface area contributed by atoms with Crippen LogP contribution in [0.4, 0.5) is 0 Å². The molecule has 28 heavy (non-hydrogen) atoms. The van der Waals surface area contributed by atoms with E-state index in [1.165, 1.54) is 5.01 Å². The average Bonchev–Trinajstić information content (AvgIpc) is 3.37. The fourth-order valence-electron chi connectivity index (χ4n) is 3.39. The number of amidine groups is 1. The molecule has 1 aromatic heterocycles. The van der Waals surface area contributed by atoms with E-state index in [4.69, 9.17) is 30.4 Å². The summed E-state index contributed by atoms with van der Waals surface area (Å²) in [6.07, 6.45) is 7.13. The molecule has 4 N–H and O–H groups in total. The first kappa shape index (κ1) is 17.9. The molecule has 1 aromatic carbocycles. The summed E-state index contributed by atoms with van der Waals surface area (Å²) in [4.78, 5) is 0. The Morgan fingerprint density at radius 3 is 2.79 bits per heavy atom. The van der Waals surface area contributed by atoms with E-state index in [-0.39, 0.29) is 6.79 Å². The van der Waals surface area contributed by atoms with Gasteiger partial charge in [0.05, 0.1) is 7.11 Å². The molecule has 4 rings (SSSR count). The number of benzene rings is 1. The number of nitrogens with two attached hydrogens (primary N) is 2. The quantitative estimate of drug-likeness (QED) is 0.357. The van der Waals surface area contributed by atoms with E-state index in [1.54, 1.807) is 20.4 Å². The Hall–Kier alpha value is -3.46. The first-order chi connectivity index (χ1) is 13.6. The molecule has 0 atom stereocenters. The maximum Gasteiger partial charge on any atom is 0.231 e. The highest BCUT2D eigenvalue weighted by Gasteiger charge is 2.24. The molecule has 0 amide bonds. The highest BCUT2D eigenvalue weighted by Crippen LogP contribution is 2.45. The lowest BCUT2D eigenvalue weighted by molar-refractivity contribution is 0.171. The van der Waals surface area contributed by atoms with Gasteiger partial charge in [-0.3, -0.25) is 5.01 Å². The molecular weight excluding hydrogens is 362 g/mol. The zero-order valence-electron chi connectivity index (χ0n) is 15.6. The topological polar surface area (TPSA) is 121 Å². The van der Waals surface area contributed by atoms with Crippen LogP contribution in [0.2, 0.25) is 0 Å². The summed E-state index contributed by atoms with van der Waals surface area (Å²) in [5.74, 6) is 13.6. The average molecular weight is 383 g/mol. The van der Waals surface area contributed by atoms with E-state index < -0.39 is 0 Å². The Bertz CT molecular complexity index is 990. The van der Waals surface area contributed by atoms with Crippen molar-refractivity contribution in [1.82, 2.24) is 10.2 Å². The van der Waals surface area contributed by atoms with Crippen LogP contribution in [-0.2, 0) is 0 Å². The maximum atomic E-state index is 5.78. The molecule has 0 unspecified atom stereocenters. The van der Waals surface area contributed by atoms with Crippen LogP contribution in [0.3, 0.4) is 0 Å². The van der Waals surface area contributed by atoms with Crippen LogP contribution in [0, 0.1) is 0 Å². The van der Waals surface area contributed by atoms with Gasteiger partial charge >= 0.3 is 0 Å². The lowest BCUT2D eigenvalue weighted by Crippen LogP contribution is -2.35. The fourth-order valence-corrected chi connectivity index (χ4v) is 3.39. The summed E-state index contributed by atoms with van der Waals surface area (Å²) >= 11 is 0. The normalized spacial score (nSPS) is 15.9. The number of likely N-dealkylation sites (N-methyl/N-ethyl adjacent to an activating group) is 1. The predicted molar refractivity (Wildman–Crippen MR) is 103 cm³/mol. The Kier molecular flexibility index (Phi) is 4.66. The molecule has 1 aliphatic heterocycles. The van der Waals surface area contributed by atoms with Gasteiger partial charge in [-0.15, -0.1) is 0 Å². The van der Waals surface area contributed by atoms with E-state index in [1.807, 2.05) is 24.3 Å². The van der Waals surface area contributed by atoms with Gasteiger partial charge in [-0.1, -0.05) is 17.3 Å². The number of hydrogen-bond donors (Lipinski definition) is 2. The Labute approximate surface area is 161 Å². The number of methoxy groups -OCH3 is 1. The van der Waals surface area contributed by atoms with Gasteiger partial charge in [0.25, 0.3) is 0 Å². The van der Waals surface area contributed by atoms with E-state index in [2.05, 4.69) is 10.3 Å². The Morgan fingerprint density at radius 1 is 1.25 bits per heavy atom. The van der Waals surface area contributed by atoms with Gasteiger partial charge in [-0.05, 0) is 36.1 Å². The van der Waals surface area contributed by atoms with Crippen molar-refractivity contribution in [3.05, 3.63) is 41.7 Å². The van der Waals surface area contributed by atoms with Crippen LogP contribution in [0.25, 0.3) is 16.8 Å². The van der Waals surface area contributed by atoms with Gasteiger partial charge in [0.1, 0.15) is 12.0 Å². The summed E-state index contributed by atoms with van der Waals surface area (Å²) in [6.45, 7) is 0.167.